The molecule has 5 nitrogen and oxygen atoms in total. The molecule has 0 saturated heterocycles. The molecule has 0 atom stereocenters. The zero-order chi connectivity index (χ0) is 14.4. The highest BCUT2D eigenvalue weighted by Gasteiger charge is 2.05. The first-order valence-corrected chi connectivity index (χ1v) is 8.25. The van der Waals surface area contributed by atoms with Gasteiger partial charge in [0.15, 0.2) is 0 Å². The highest BCUT2D eigenvalue weighted by molar-refractivity contribution is 9.11. The van der Waals surface area contributed by atoms with Crippen LogP contribution in [0.1, 0.15) is 24.6 Å². The van der Waals surface area contributed by atoms with Crippen LogP contribution in [0.25, 0.3) is 0 Å². The number of thiophene rings is 1. The number of rotatable bonds is 8. The molecule has 0 aliphatic rings. The SMILES string of the molecule is CC(C)CNCc1nnc(NCCc2ccc(Br)s2)o1. The van der Waals surface area contributed by atoms with Crippen molar-refractivity contribution in [2.75, 3.05) is 18.4 Å². The highest BCUT2D eigenvalue weighted by Crippen LogP contribution is 2.22. The van der Waals surface area contributed by atoms with E-state index in [1.54, 1.807) is 11.3 Å². The fourth-order valence-electron chi connectivity index (χ4n) is 1.64. The maximum atomic E-state index is 5.51. The summed E-state index contributed by atoms with van der Waals surface area (Å²) >= 11 is 5.20. The van der Waals surface area contributed by atoms with Gasteiger partial charge in [-0.05, 0) is 46.9 Å². The van der Waals surface area contributed by atoms with Gasteiger partial charge in [0.05, 0.1) is 10.3 Å². The first kappa shape index (κ1) is 15.5. The van der Waals surface area contributed by atoms with Gasteiger partial charge in [-0.15, -0.1) is 16.4 Å². The average Bonchev–Trinajstić information content (AvgIpc) is 2.99. The lowest BCUT2D eigenvalue weighted by Gasteiger charge is -2.03. The Bertz CT molecular complexity index is 526. The lowest BCUT2D eigenvalue weighted by atomic mass is 10.2. The summed E-state index contributed by atoms with van der Waals surface area (Å²) in [6.07, 6.45) is 0.944. The van der Waals surface area contributed by atoms with Crippen molar-refractivity contribution in [1.82, 2.24) is 15.5 Å². The van der Waals surface area contributed by atoms with Crippen molar-refractivity contribution >= 4 is 33.3 Å². The Kier molecular flexibility index (Phi) is 6.00. The number of nitrogens with zero attached hydrogens (tertiary/aromatic N) is 2. The molecule has 0 saturated carbocycles. The first-order valence-electron chi connectivity index (χ1n) is 6.64. The van der Waals surface area contributed by atoms with E-state index in [1.807, 2.05) is 0 Å². The topological polar surface area (TPSA) is 63.0 Å². The van der Waals surface area contributed by atoms with E-state index in [4.69, 9.17) is 4.42 Å². The molecule has 0 bridgehead atoms. The van der Waals surface area contributed by atoms with Crippen molar-refractivity contribution in [2.24, 2.45) is 5.92 Å². The lowest BCUT2D eigenvalue weighted by molar-refractivity contribution is 0.458. The second-order valence-electron chi connectivity index (χ2n) is 4.91. The molecular formula is C13H19BrN4OS. The molecule has 2 heterocycles. The fourth-order valence-corrected chi connectivity index (χ4v) is 3.13. The molecule has 0 spiro atoms. The molecule has 2 N–H and O–H groups in total. The van der Waals surface area contributed by atoms with Gasteiger partial charge in [-0.3, -0.25) is 0 Å². The standard InChI is InChI=1S/C13H19BrN4OS/c1-9(2)7-15-8-12-17-18-13(19-12)16-6-5-10-3-4-11(14)20-10/h3-4,9,15H,5-8H2,1-2H3,(H,16,18). The monoisotopic (exact) mass is 358 g/mol. The van der Waals surface area contributed by atoms with Gasteiger partial charge < -0.3 is 15.1 Å². The number of halogens is 1. The molecule has 0 aliphatic heterocycles. The molecule has 0 unspecified atom stereocenters. The Morgan fingerprint density at radius 1 is 1.35 bits per heavy atom. The second-order valence-corrected chi connectivity index (χ2v) is 7.46. The predicted molar refractivity (Wildman–Crippen MR) is 85.1 cm³/mol. The third kappa shape index (κ3) is 5.22. The highest BCUT2D eigenvalue weighted by atomic mass is 79.9. The Balaban J connectivity index is 1.69. The molecule has 110 valence electrons. The van der Waals surface area contributed by atoms with Gasteiger partial charge in [-0.1, -0.05) is 18.9 Å². The van der Waals surface area contributed by atoms with Gasteiger partial charge in [0.25, 0.3) is 0 Å². The quantitative estimate of drug-likeness (QED) is 0.757. The summed E-state index contributed by atoms with van der Waals surface area (Å²) in [6, 6.07) is 4.67. The Morgan fingerprint density at radius 2 is 2.20 bits per heavy atom. The summed E-state index contributed by atoms with van der Waals surface area (Å²) in [4.78, 5) is 1.32. The van der Waals surface area contributed by atoms with Gasteiger partial charge in [0, 0.05) is 11.4 Å². The van der Waals surface area contributed by atoms with Gasteiger partial charge in [-0.2, -0.15) is 0 Å². The van der Waals surface area contributed by atoms with E-state index < -0.39 is 0 Å². The summed E-state index contributed by atoms with van der Waals surface area (Å²) in [7, 11) is 0. The minimum atomic E-state index is 0.488. The third-order valence-electron chi connectivity index (χ3n) is 2.57. The molecule has 0 radical (unpaired) electrons. The van der Waals surface area contributed by atoms with E-state index >= 15 is 0 Å². The summed E-state index contributed by atoms with van der Waals surface area (Å²) in [5.41, 5.74) is 0. The van der Waals surface area contributed by atoms with Crippen LogP contribution in [-0.2, 0) is 13.0 Å². The molecule has 2 rings (SSSR count). The Morgan fingerprint density at radius 3 is 2.90 bits per heavy atom. The van der Waals surface area contributed by atoms with Crippen LogP contribution in [0, 0.1) is 5.92 Å². The van der Waals surface area contributed by atoms with E-state index in [0.29, 0.717) is 24.4 Å². The van der Waals surface area contributed by atoms with Gasteiger partial charge >= 0.3 is 6.01 Å². The van der Waals surface area contributed by atoms with Crippen LogP contribution in [0.3, 0.4) is 0 Å². The summed E-state index contributed by atoms with van der Waals surface area (Å²) in [5.74, 6) is 1.23. The zero-order valence-electron chi connectivity index (χ0n) is 11.6. The molecule has 0 fully saturated rings. The summed E-state index contributed by atoms with van der Waals surface area (Å²) in [6.45, 7) is 6.67. The smallest absolute Gasteiger partial charge is 0.315 e. The van der Waals surface area contributed by atoms with Gasteiger partial charge in [0.2, 0.25) is 5.89 Å². The van der Waals surface area contributed by atoms with Crippen LogP contribution in [0.5, 0.6) is 0 Å². The van der Waals surface area contributed by atoms with Crippen molar-refractivity contribution in [3.8, 4) is 0 Å². The summed E-state index contributed by atoms with van der Waals surface area (Å²) < 4.78 is 6.66. The normalized spacial score (nSPS) is 11.2. The van der Waals surface area contributed by atoms with Crippen LogP contribution in [0.15, 0.2) is 20.3 Å². The van der Waals surface area contributed by atoms with E-state index in [2.05, 4.69) is 62.7 Å². The molecule has 0 aromatic carbocycles. The van der Waals surface area contributed by atoms with E-state index in [0.717, 1.165) is 23.3 Å². The Hall–Kier alpha value is -0.920. The summed E-state index contributed by atoms with van der Waals surface area (Å²) in [5, 5.41) is 14.4. The lowest BCUT2D eigenvalue weighted by Crippen LogP contribution is -2.19. The first-order chi connectivity index (χ1) is 9.63. The second kappa shape index (κ2) is 7.75. The van der Waals surface area contributed by atoms with Crippen LogP contribution in [0.4, 0.5) is 6.01 Å². The number of anilines is 1. The van der Waals surface area contributed by atoms with Gasteiger partial charge in [-0.25, -0.2) is 0 Å². The van der Waals surface area contributed by atoms with Crippen LogP contribution in [-0.4, -0.2) is 23.3 Å². The molecule has 2 aromatic rings. The molecule has 2 aromatic heterocycles. The number of hydrogen-bond donors (Lipinski definition) is 2. The van der Waals surface area contributed by atoms with Gasteiger partial charge in [0.1, 0.15) is 0 Å². The maximum absolute atomic E-state index is 5.51. The minimum absolute atomic E-state index is 0.488. The van der Waals surface area contributed by atoms with Crippen molar-refractivity contribution in [3.05, 3.63) is 26.7 Å². The van der Waals surface area contributed by atoms with Crippen molar-refractivity contribution in [2.45, 2.75) is 26.8 Å². The fraction of sp³-hybridized carbons (Fsp3) is 0.538. The van der Waals surface area contributed by atoms with Crippen molar-refractivity contribution in [1.29, 1.82) is 0 Å². The number of nitrogens with one attached hydrogen (secondary N) is 2. The van der Waals surface area contributed by atoms with Crippen LogP contribution >= 0.6 is 27.3 Å². The van der Waals surface area contributed by atoms with E-state index in [-0.39, 0.29) is 0 Å². The van der Waals surface area contributed by atoms with Crippen LogP contribution in [0.2, 0.25) is 0 Å². The average molecular weight is 359 g/mol. The van der Waals surface area contributed by atoms with E-state index in [1.165, 1.54) is 4.88 Å². The number of hydrogen-bond acceptors (Lipinski definition) is 6. The van der Waals surface area contributed by atoms with Crippen LogP contribution < -0.4 is 10.6 Å². The molecule has 7 heteroatoms. The van der Waals surface area contributed by atoms with Crippen molar-refractivity contribution in [3.63, 3.8) is 0 Å². The number of aromatic nitrogens is 2. The van der Waals surface area contributed by atoms with E-state index in [9.17, 15) is 0 Å². The Labute approximate surface area is 131 Å². The molecule has 0 amide bonds. The molecule has 0 aliphatic carbocycles. The molecule has 20 heavy (non-hydrogen) atoms. The molecular weight excluding hydrogens is 340 g/mol. The van der Waals surface area contributed by atoms with Crippen molar-refractivity contribution < 1.29 is 4.42 Å². The maximum Gasteiger partial charge on any atom is 0.315 e. The predicted octanol–water partition coefficient (Wildman–Crippen LogP) is 3.29. The third-order valence-corrected chi connectivity index (χ3v) is 4.26. The largest absolute Gasteiger partial charge is 0.407 e. The zero-order valence-corrected chi connectivity index (χ0v) is 14.1. The minimum Gasteiger partial charge on any atom is -0.407 e.